The predicted molar refractivity (Wildman–Crippen MR) is 93.8 cm³/mol. The van der Waals surface area contributed by atoms with Crippen molar-refractivity contribution in [1.82, 2.24) is 4.98 Å². The van der Waals surface area contributed by atoms with E-state index in [4.69, 9.17) is 18.9 Å². The smallest absolute Gasteiger partial charge is 0.183 e. The zero-order valence-electron chi connectivity index (χ0n) is 15.1. The topological polar surface area (TPSA) is 70.0 Å². The van der Waals surface area contributed by atoms with Crippen LogP contribution in [0.5, 0.6) is 11.5 Å². The van der Waals surface area contributed by atoms with Gasteiger partial charge < -0.3 is 24.1 Å². The molecule has 2 aromatic rings. The van der Waals surface area contributed by atoms with Gasteiger partial charge in [-0.2, -0.15) is 0 Å². The monoisotopic (exact) mass is 347 g/mol. The zero-order chi connectivity index (χ0) is 18.2. The van der Waals surface area contributed by atoms with Crippen molar-refractivity contribution in [2.75, 3.05) is 27.4 Å². The average Bonchev–Trinajstić information content (AvgIpc) is 2.65. The third-order valence-electron chi connectivity index (χ3n) is 3.75. The van der Waals surface area contributed by atoms with Crippen LogP contribution in [0.4, 0.5) is 0 Å². The predicted octanol–water partition coefficient (Wildman–Crippen LogP) is 3.25. The third-order valence-corrected chi connectivity index (χ3v) is 3.75. The molecule has 0 radical (unpaired) electrons. The normalized spacial score (nSPS) is 12.2. The lowest BCUT2D eigenvalue weighted by molar-refractivity contribution is -0.107. The number of hydrogen-bond donors (Lipinski definition) is 1. The van der Waals surface area contributed by atoms with Gasteiger partial charge in [0, 0.05) is 32.2 Å². The van der Waals surface area contributed by atoms with Crippen molar-refractivity contribution < 1.29 is 24.1 Å². The number of hydrogen-bond acceptors (Lipinski definition) is 6. The number of methoxy groups -OCH3 is 2. The van der Waals surface area contributed by atoms with Gasteiger partial charge in [0.2, 0.25) is 0 Å². The van der Waals surface area contributed by atoms with E-state index in [0.29, 0.717) is 41.4 Å². The molecule has 0 saturated heterocycles. The second-order valence-corrected chi connectivity index (χ2v) is 5.28. The molecule has 0 aliphatic carbocycles. The highest BCUT2D eigenvalue weighted by Crippen LogP contribution is 2.39. The number of aliphatic hydroxyl groups excluding tert-OH is 1. The Morgan fingerprint density at radius 1 is 0.920 bits per heavy atom. The Morgan fingerprint density at radius 3 is 1.92 bits per heavy atom. The molecule has 1 N–H and O–H groups in total. The van der Waals surface area contributed by atoms with Crippen molar-refractivity contribution >= 4 is 0 Å². The van der Waals surface area contributed by atoms with Gasteiger partial charge >= 0.3 is 0 Å². The highest BCUT2D eigenvalue weighted by Gasteiger charge is 2.24. The maximum atomic E-state index is 10.9. The maximum absolute atomic E-state index is 10.9. The van der Waals surface area contributed by atoms with E-state index >= 15 is 0 Å². The first-order valence-corrected chi connectivity index (χ1v) is 8.23. The molecule has 0 spiro atoms. The molecule has 0 aliphatic rings. The second-order valence-electron chi connectivity index (χ2n) is 5.28. The molecule has 1 aromatic carbocycles. The Kier molecular flexibility index (Phi) is 7.18. The minimum Gasteiger partial charge on any atom is -0.490 e. The van der Waals surface area contributed by atoms with Crippen LogP contribution in [-0.4, -0.2) is 37.5 Å². The molecule has 6 nitrogen and oxygen atoms in total. The molecule has 6 heteroatoms. The van der Waals surface area contributed by atoms with Crippen LogP contribution in [0, 0.1) is 0 Å². The van der Waals surface area contributed by atoms with E-state index in [1.807, 2.05) is 13.8 Å². The van der Waals surface area contributed by atoms with Crippen molar-refractivity contribution in [3.63, 3.8) is 0 Å². The molecule has 0 bridgehead atoms. The average molecular weight is 347 g/mol. The van der Waals surface area contributed by atoms with E-state index in [1.165, 1.54) is 0 Å². The first kappa shape index (κ1) is 19.2. The highest BCUT2D eigenvalue weighted by molar-refractivity contribution is 5.50. The van der Waals surface area contributed by atoms with Gasteiger partial charge in [0.25, 0.3) is 0 Å². The Labute approximate surface area is 148 Å². The molecule has 2 rings (SSSR count). The first-order chi connectivity index (χ1) is 12.2. The van der Waals surface area contributed by atoms with Crippen molar-refractivity contribution in [3.8, 4) is 11.5 Å². The molecular weight excluding hydrogens is 322 g/mol. The van der Waals surface area contributed by atoms with Gasteiger partial charge in [-0.05, 0) is 49.2 Å². The van der Waals surface area contributed by atoms with Gasteiger partial charge in [0.05, 0.1) is 13.2 Å². The minimum atomic E-state index is -0.874. The van der Waals surface area contributed by atoms with Crippen molar-refractivity contribution in [2.45, 2.75) is 26.2 Å². The quantitative estimate of drug-likeness (QED) is 0.702. The van der Waals surface area contributed by atoms with Crippen molar-refractivity contribution in [3.05, 3.63) is 53.3 Å². The molecule has 0 fully saturated rings. The Balaban J connectivity index is 2.59. The summed E-state index contributed by atoms with van der Waals surface area (Å²) in [5.41, 5.74) is 2.03. The summed E-state index contributed by atoms with van der Waals surface area (Å²) < 4.78 is 22.2. The fraction of sp³-hybridized carbons (Fsp3) is 0.421. The summed E-state index contributed by atoms with van der Waals surface area (Å²) in [5, 5.41) is 10.9. The van der Waals surface area contributed by atoms with Gasteiger partial charge in [-0.15, -0.1) is 0 Å². The Bertz CT molecular complexity index is 658. The molecule has 0 amide bonds. The second kappa shape index (κ2) is 9.36. The maximum Gasteiger partial charge on any atom is 0.183 e. The first-order valence-electron chi connectivity index (χ1n) is 8.23. The van der Waals surface area contributed by atoms with E-state index in [-0.39, 0.29) is 0 Å². The van der Waals surface area contributed by atoms with Gasteiger partial charge in [0.15, 0.2) is 17.8 Å². The molecule has 1 heterocycles. The number of aliphatic hydroxyl groups is 1. The Morgan fingerprint density at radius 2 is 1.44 bits per heavy atom. The van der Waals surface area contributed by atoms with Crippen LogP contribution in [0.15, 0.2) is 36.7 Å². The van der Waals surface area contributed by atoms with Gasteiger partial charge in [-0.1, -0.05) is 0 Å². The van der Waals surface area contributed by atoms with E-state index in [2.05, 4.69) is 4.98 Å². The van der Waals surface area contributed by atoms with Crippen LogP contribution in [0.1, 0.15) is 42.9 Å². The minimum absolute atomic E-state index is 0.488. The Hall–Kier alpha value is -2.15. The lowest BCUT2D eigenvalue weighted by Gasteiger charge is -2.23. The molecule has 1 unspecified atom stereocenters. The van der Waals surface area contributed by atoms with Crippen LogP contribution < -0.4 is 9.47 Å². The van der Waals surface area contributed by atoms with Crippen LogP contribution in [0.2, 0.25) is 0 Å². The summed E-state index contributed by atoms with van der Waals surface area (Å²) in [6.07, 6.45) is 1.77. The number of nitrogens with zero attached hydrogens (tertiary/aromatic N) is 1. The molecule has 1 atom stereocenters. The lowest BCUT2D eigenvalue weighted by Crippen LogP contribution is -2.12. The summed E-state index contributed by atoms with van der Waals surface area (Å²) in [5.74, 6) is 1.16. The number of benzene rings is 1. The van der Waals surface area contributed by atoms with E-state index < -0.39 is 12.4 Å². The zero-order valence-corrected chi connectivity index (χ0v) is 15.1. The molecular formula is C19H25NO5. The molecule has 25 heavy (non-hydrogen) atoms. The third kappa shape index (κ3) is 4.48. The molecule has 0 aliphatic heterocycles. The van der Waals surface area contributed by atoms with Crippen molar-refractivity contribution in [2.24, 2.45) is 0 Å². The van der Waals surface area contributed by atoms with Crippen LogP contribution in [0.25, 0.3) is 0 Å². The van der Waals surface area contributed by atoms with E-state index in [0.717, 1.165) is 0 Å². The van der Waals surface area contributed by atoms with Gasteiger partial charge in [-0.25, -0.2) is 0 Å². The summed E-state index contributed by atoms with van der Waals surface area (Å²) in [4.78, 5) is 3.99. The van der Waals surface area contributed by atoms with E-state index in [9.17, 15) is 5.11 Å². The van der Waals surface area contributed by atoms with Gasteiger partial charge in [0.1, 0.15) is 6.10 Å². The van der Waals surface area contributed by atoms with Crippen molar-refractivity contribution in [1.29, 1.82) is 0 Å². The van der Waals surface area contributed by atoms with Gasteiger partial charge in [-0.3, -0.25) is 4.98 Å². The summed E-state index contributed by atoms with van der Waals surface area (Å²) in [6.45, 7) is 4.79. The standard InChI is InChI=1S/C19H25NO5/c1-5-24-16-11-14(18(21)13-7-9-20-10-8-13)15(19(22-3)23-4)12-17(16)25-6-2/h7-12,18-19,21H,5-6H2,1-4H3. The van der Waals surface area contributed by atoms with Crippen LogP contribution in [-0.2, 0) is 9.47 Å². The largest absolute Gasteiger partial charge is 0.490 e. The fourth-order valence-electron chi connectivity index (χ4n) is 2.64. The number of ether oxygens (including phenoxy) is 4. The summed E-state index contributed by atoms with van der Waals surface area (Å²) in [7, 11) is 3.10. The number of aromatic nitrogens is 1. The molecule has 1 aromatic heterocycles. The molecule has 136 valence electrons. The SMILES string of the molecule is CCOc1cc(C(OC)OC)c(C(O)c2ccncc2)cc1OCC. The van der Waals surface area contributed by atoms with E-state index in [1.54, 1.807) is 50.9 Å². The fourth-order valence-corrected chi connectivity index (χ4v) is 2.64. The van der Waals surface area contributed by atoms with Crippen LogP contribution in [0.3, 0.4) is 0 Å². The lowest BCUT2D eigenvalue weighted by atomic mass is 9.96. The number of rotatable bonds is 9. The summed E-state index contributed by atoms with van der Waals surface area (Å²) >= 11 is 0. The summed E-state index contributed by atoms with van der Waals surface area (Å²) in [6, 6.07) is 7.10. The molecule has 0 saturated carbocycles. The highest BCUT2D eigenvalue weighted by atomic mass is 16.7. The number of pyridine rings is 1. The van der Waals surface area contributed by atoms with Crippen LogP contribution >= 0.6 is 0 Å².